The molecule has 3 rings (SSSR count). The smallest absolute Gasteiger partial charge is 0.317 e. The van der Waals surface area contributed by atoms with Crippen molar-refractivity contribution in [3.8, 4) is 0 Å². The predicted molar refractivity (Wildman–Crippen MR) is 88.0 cm³/mol. The summed E-state index contributed by atoms with van der Waals surface area (Å²) in [5, 5.41) is 3.50. The number of piperidine rings is 1. The van der Waals surface area contributed by atoms with Crippen LogP contribution in [0.2, 0.25) is 0 Å². The van der Waals surface area contributed by atoms with Crippen molar-refractivity contribution in [1.82, 2.24) is 5.32 Å². The SMILES string of the molecule is COC(=O)C1CNC(Cc2ccccc2)C2(CCCCC2)C1=O. The number of Topliss-reactive ketones (excluding diaryl/α,β-unsaturated/α-hetero) is 1. The van der Waals surface area contributed by atoms with E-state index in [2.05, 4.69) is 17.4 Å². The highest BCUT2D eigenvalue weighted by molar-refractivity contribution is 6.03. The summed E-state index contributed by atoms with van der Waals surface area (Å²) in [5.41, 5.74) is 0.824. The van der Waals surface area contributed by atoms with Gasteiger partial charge in [0.25, 0.3) is 0 Å². The van der Waals surface area contributed by atoms with Crippen LogP contribution in [0.4, 0.5) is 0 Å². The van der Waals surface area contributed by atoms with Crippen molar-refractivity contribution >= 4 is 11.8 Å². The monoisotopic (exact) mass is 315 g/mol. The first-order valence-electron chi connectivity index (χ1n) is 8.57. The Morgan fingerprint density at radius 3 is 2.57 bits per heavy atom. The standard InChI is InChI=1S/C19H25NO3/c1-23-18(22)15-13-20-16(12-14-8-4-2-5-9-14)19(17(15)21)10-6-3-7-11-19/h2,4-5,8-9,15-16,20H,3,6-7,10-13H2,1H3. The average Bonchev–Trinajstić information content (AvgIpc) is 2.61. The van der Waals surface area contributed by atoms with E-state index >= 15 is 0 Å². The van der Waals surface area contributed by atoms with E-state index in [0.717, 1.165) is 32.1 Å². The van der Waals surface area contributed by atoms with Crippen LogP contribution in [0.1, 0.15) is 37.7 Å². The molecule has 124 valence electrons. The molecule has 2 unspecified atom stereocenters. The van der Waals surface area contributed by atoms with Gasteiger partial charge in [0.2, 0.25) is 0 Å². The summed E-state index contributed by atoms with van der Waals surface area (Å²) in [7, 11) is 1.36. The molecule has 1 heterocycles. The Kier molecular flexibility index (Phi) is 4.81. The number of carbonyl (C=O) groups excluding carboxylic acids is 2. The maximum Gasteiger partial charge on any atom is 0.317 e. The number of nitrogens with one attached hydrogen (secondary N) is 1. The lowest BCUT2D eigenvalue weighted by molar-refractivity contribution is -0.157. The fraction of sp³-hybridized carbons (Fsp3) is 0.579. The van der Waals surface area contributed by atoms with Crippen LogP contribution in [0.15, 0.2) is 30.3 Å². The topological polar surface area (TPSA) is 55.4 Å². The Balaban J connectivity index is 1.87. The number of hydrogen-bond donors (Lipinski definition) is 1. The van der Waals surface area contributed by atoms with Gasteiger partial charge in [-0.2, -0.15) is 0 Å². The van der Waals surface area contributed by atoms with Gasteiger partial charge in [0, 0.05) is 18.0 Å². The molecule has 1 saturated heterocycles. The number of esters is 1. The molecule has 1 aliphatic heterocycles. The maximum atomic E-state index is 13.2. The molecule has 1 N–H and O–H groups in total. The van der Waals surface area contributed by atoms with Gasteiger partial charge < -0.3 is 10.1 Å². The summed E-state index contributed by atoms with van der Waals surface area (Å²) in [6.07, 6.45) is 5.89. The highest BCUT2D eigenvalue weighted by Crippen LogP contribution is 2.45. The van der Waals surface area contributed by atoms with Gasteiger partial charge in [-0.05, 0) is 24.8 Å². The molecule has 1 aromatic carbocycles. The second-order valence-electron chi connectivity index (χ2n) is 6.81. The van der Waals surface area contributed by atoms with Gasteiger partial charge in [-0.1, -0.05) is 49.6 Å². The van der Waals surface area contributed by atoms with Gasteiger partial charge in [-0.25, -0.2) is 0 Å². The molecule has 0 amide bonds. The number of ketones is 1. The third kappa shape index (κ3) is 3.05. The molecular formula is C19H25NO3. The minimum absolute atomic E-state index is 0.101. The van der Waals surface area contributed by atoms with E-state index in [0.29, 0.717) is 6.54 Å². The number of ether oxygens (including phenoxy) is 1. The number of carbonyl (C=O) groups is 2. The van der Waals surface area contributed by atoms with Crippen LogP contribution in [0, 0.1) is 11.3 Å². The van der Waals surface area contributed by atoms with Crippen LogP contribution < -0.4 is 5.32 Å². The van der Waals surface area contributed by atoms with Gasteiger partial charge in [-0.3, -0.25) is 9.59 Å². The lowest BCUT2D eigenvalue weighted by Gasteiger charge is -2.47. The first kappa shape index (κ1) is 16.2. The zero-order valence-corrected chi connectivity index (χ0v) is 13.7. The quantitative estimate of drug-likeness (QED) is 0.688. The van der Waals surface area contributed by atoms with Gasteiger partial charge in [-0.15, -0.1) is 0 Å². The Morgan fingerprint density at radius 2 is 1.91 bits per heavy atom. The Morgan fingerprint density at radius 1 is 1.22 bits per heavy atom. The highest BCUT2D eigenvalue weighted by atomic mass is 16.5. The van der Waals surface area contributed by atoms with Crippen molar-refractivity contribution in [3.05, 3.63) is 35.9 Å². The van der Waals surface area contributed by atoms with Gasteiger partial charge in [0.15, 0.2) is 5.78 Å². The van der Waals surface area contributed by atoms with E-state index in [1.54, 1.807) is 0 Å². The lowest BCUT2D eigenvalue weighted by Crippen LogP contribution is -2.62. The highest BCUT2D eigenvalue weighted by Gasteiger charge is 2.53. The maximum absolute atomic E-state index is 13.2. The molecule has 2 fully saturated rings. The summed E-state index contributed by atoms with van der Waals surface area (Å²) in [5.74, 6) is -0.945. The summed E-state index contributed by atoms with van der Waals surface area (Å²) in [6, 6.07) is 10.4. The van der Waals surface area contributed by atoms with Crippen LogP contribution in [0.3, 0.4) is 0 Å². The Bertz CT molecular complexity index is 563. The molecule has 4 heteroatoms. The van der Waals surface area contributed by atoms with E-state index in [1.807, 2.05) is 18.2 Å². The van der Waals surface area contributed by atoms with Gasteiger partial charge in [0.05, 0.1) is 7.11 Å². The van der Waals surface area contributed by atoms with Crippen LogP contribution >= 0.6 is 0 Å². The lowest BCUT2D eigenvalue weighted by atomic mass is 9.60. The molecule has 23 heavy (non-hydrogen) atoms. The second kappa shape index (κ2) is 6.83. The molecule has 1 aromatic rings. The van der Waals surface area contributed by atoms with E-state index < -0.39 is 17.3 Å². The molecule has 0 radical (unpaired) electrons. The van der Waals surface area contributed by atoms with Crippen molar-refractivity contribution in [3.63, 3.8) is 0 Å². The van der Waals surface area contributed by atoms with E-state index in [1.165, 1.54) is 19.1 Å². The van der Waals surface area contributed by atoms with Crippen LogP contribution in [0.5, 0.6) is 0 Å². The molecule has 0 aromatic heterocycles. The third-order valence-electron chi connectivity index (χ3n) is 5.56. The van der Waals surface area contributed by atoms with Crippen LogP contribution in [0.25, 0.3) is 0 Å². The molecular weight excluding hydrogens is 290 g/mol. The number of hydrogen-bond acceptors (Lipinski definition) is 4. The molecule has 1 saturated carbocycles. The summed E-state index contributed by atoms with van der Waals surface area (Å²) < 4.78 is 4.85. The van der Waals surface area contributed by atoms with Crippen LogP contribution in [-0.4, -0.2) is 31.4 Å². The molecule has 0 bridgehead atoms. The van der Waals surface area contributed by atoms with Crippen molar-refractivity contribution in [1.29, 1.82) is 0 Å². The fourth-order valence-corrected chi connectivity index (χ4v) is 4.29. The number of methoxy groups -OCH3 is 1. The molecule has 2 aliphatic rings. The van der Waals surface area contributed by atoms with Crippen molar-refractivity contribution < 1.29 is 14.3 Å². The van der Waals surface area contributed by atoms with E-state index in [4.69, 9.17) is 4.74 Å². The van der Waals surface area contributed by atoms with E-state index in [9.17, 15) is 9.59 Å². The number of rotatable bonds is 3. The largest absolute Gasteiger partial charge is 0.468 e. The van der Waals surface area contributed by atoms with E-state index in [-0.39, 0.29) is 11.8 Å². The first-order valence-corrected chi connectivity index (χ1v) is 8.57. The minimum Gasteiger partial charge on any atom is -0.468 e. The van der Waals surface area contributed by atoms with Crippen LogP contribution in [-0.2, 0) is 20.7 Å². The Hall–Kier alpha value is -1.68. The van der Waals surface area contributed by atoms with Crippen molar-refractivity contribution in [2.24, 2.45) is 11.3 Å². The normalized spacial score (nSPS) is 26.9. The zero-order valence-electron chi connectivity index (χ0n) is 13.7. The zero-order chi connectivity index (χ0) is 16.3. The number of benzene rings is 1. The minimum atomic E-state index is -0.648. The Labute approximate surface area is 137 Å². The predicted octanol–water partition coefficient (Wildman–Crippen LogP) is 2.51. The van der Waals surface area contributed by atoms with Gasteiger partial charge in [0.1, 0.15) is 5.92 Å². The molecule has 2 atom stereocenters. The molecule has 1 aliphatic carbocycles. The van der Waals surface area contributed by atoms with Crippen molar-refractivity contribution in [2.45, 2.75) is 44.6 Å². The molecule has 4 nitrogen and oxygen atoms in total. The summed E-state index contributed by atoms with van der Waals surface area (Å²) in [4.78, 5) is 25.1. The van der Waals surface area contributed by atoms with Gasteiger partial charge >= 0.3 is 5.97 Å². The summed E-state index contributed by atoms with van der Waals surface area (Å²) >= 11 is 0. The second-order valence-corrected chi connectivity index (χ2v) is 6.81. The fourth-order valence-electron chi connectivity index (χ4n) is 4.29. The molecule has 1 spiro atoms. The first-order chi connectivity index (χ1) is 11.2. The third-order valence-corrected chi connectivity index (χ3v) is 5.56. The summed E-state index contributed by atoms with van der Waals surface area (Å²) in [6.45, 7) is 0.394. The van der Waals surface area contributed by atoms with Crippen molar-refractivity contribution in [2.75, 3.05) is 13.7 Å². The average molecular weight is 315 g/mol.